The van der Waals surface area contributed by atoms with Crippen LogP contribution in [-0.2, 0) is 11.2 Å². The molecule has 0 aromatic carbocycles. The Morgan fingerprint density at radius 3 is 2.57 bits per heavy atom. The molecule has 118 valence electrons. The molecule has 0 radical (unpaired) electrons. The maximum Gasteiger partial charge on any atom is 0.410 e. The van der Waals surface area contributed by atoms with Crippen molar-refractivity contribution in [3.05, 3.63) is 16.6 Å². The van der Waals surface area contributed by atoms with E-state index in [1.807, 2.05) is 33.1 Å². The standard InChI is InChI=1S/C15H24N2O3S/c1-11-12(10-21-16-11)9-15(19)5-7-17(8-6-15)13(18)20-14(2,3)4/h10,19H,5-9H2,1-4H3. The third-order valence-electron chi connectivity index (χ3n) is 3.71. The van der Waals surface area contributed by atoms with Crippen LogP contribution in [0.25, 0.3) is 0 Å². The zero-order chi connectivity index (χ0) is 15.7. The van der Waals surface area contributed by atoms with Gasteiger partial charge in [-0.1, -0.05) is 0 Å². The van der Waals surface area contributed by atoms with Gasteiger partial charge in [-0.3, -0.25) is 0 Å². The van der Waals surface area contributed by atoms with Gasteiger partial charge in [0.15, 0.2) is 0 Å². The average molecular weight is 312 g/mol. The summed E-state index contributed by atoms with van der Waals surface area (Å²) in [6.45, 7) is 8.60. The van der Waals surface area contributed by atoms with Crippen molar-refractivity contribution in [2.45, 2.75) is 58.2 Å². The lowest BCUT2D eigenvalue weighted by Gasteiger charge is -2.38. The van der Waals surface area contributed by atoms with E-state index < -0.39 is 11.2 Å². The summed E-state index contributed by atoms with van der Waals surface area (Å²) in [5.41, 5.74) is 0.868. The summed E-state index contributed by atoms with van der Waals surface area (Å²) in [7, 11) is 0. The Kier molecular flexibility index (Phi) is 4.58. The molecule has 1 amide bonds. The number of hydrogen-bond donors (Lipinski definition) is 1. The molecule has 0 spiro atoms. The summed E-state index contributed by atoms with van der Waals surface area (Å²) in [5, 5.41) is 12.7. The number of amides is 1. The Labute approximate surface area is 130 Å². The molecule has 0 aliphatic carbocycles. The van der Waals surface area contributed by atoms with Crippen LogP contribution in [0.5, 0.6) is 0 Å². The number of carbonyl (C=O) groups is 1. The lowest BCUT2D eigenvalue weighted by Crippen LogP contribution is -2.49. The first-order valence-corrected chi connectivity index (χ1v) is 8.12. The zero-order valence-corrected chi connectivity index (χ0v) is 14.0. The van der Waals surface area contributed by atoms with Crippen LogP contribution < -0.4 is 0 Å². The normalized spacial score (nSPS) is 18.6. The SMILES string of the molecule is Cc1nscc1CC1(O)CCN(C(=O)OC(C)(C)C)CC1. The summed E-state index contributed by atoms with van der Waals surface area (Å²) in [6.07, 6.45) is 1.46. The number of nitrogens with zero attached hydrogens (tertiary/aromatic N) is 2. The van der Waals surface area contributed by atoms with Gasteiger partial charge in [0, 0.05) is 24.9 Å². The minimum atomic E-state index is -0.744. The maximum atomic E-state index is 12.0. The van der Waals surface area contributed by atoms with Crippen molar-refractivity contribution < 1.29 is 14.6 Å². The first-order valence-electron chi connectivity index (χ1n) is 7.29. The Morgan fingerprint density at radius 2 is 2.10 bits per heavy atom. The number of aryl methyl sites for hydroxylation is 1. The highest BCUT2D eigenvalue weighted by molar-refractivity contribution is 7.03. The second-order valence-electron chi connectivity index (χ2n) is 6.79. The Morgan fingerprint density at radius 1 is 1.48 bits per heavy atom. The van der Waals surface area contributed by atoms with E-state index in [0.717, 1.165) is 11.3 Å². The van der Waals surface area contributed by atoms with Gasteiger partial charge in [-0.25, -0.2) is 4.79 Å². The number of ether oxygens (including phenoxy) is 1. The van der Waals surface area contributed by atoms with Gasteiger partial charge in [0.05, 0.1) is 11.3 Å². The van der Waals surface area contributed by atoms with Crippen molar-refractivity contribution in [3.8, 4) is 0 Å². The Balaban J connectivity index is 1.90. The lowest BCUT2D eigenvalue weighted by atomic mass is 9.86. The van der Waals surface area contributed by atoms with E-state index >= 15 is 0 Å². The highest BCUT2D eigenvalue weighted by Crippen LogP contribution is 2.28. The third-order valence-corrected chi connectivity index (χ3v) is 4.48. The molecule has 1 aromatic rings. The number of aliphatic hydroxyl groups is 1. The predicted molar refractivity (Wildman–Crippen MR) is 82.5 cm³/mol. The summed E-state index contributed by atoms with van der Waals surface area (Å²) in [6, 6.07) is 0. The molecule has 0 bridgehead atoms. The predicted octanol–water partition coefficient (Wildman–Crippen LogP) is 2.76. The fourth-order valence-electron chi connectivity index (χ4n) is 2.45. The molecule has 1 aliphatic heterocycles. The lowest BCUT2D eigenvalue weighted by molar-refractivity contribution is -0.0315. The Hall–Kier alpha value is -1.14. The molecule has 0 saturated carbocycles. The van der Waals surface area contributed by atoms with Crippen molar-refractivity contribution in [3.63, 3.8) is 0 Å². The number of aromatic nitrogens is 1. The van der Waals surface area contributed by atoms with Crippen molar-refractivity contribution in [2.24, 2.45) is 0 Å². The second kappa shape index (κ2) is 5.93. The largest absolute Gasteiger partial charge is 0.444 e. The molecule has 1 N–H and O–H groups in total. The van der Waals surface area contributed by atoms with Crippen LogP contribution in [-0.4, -0.2) is 44.8 Å². The van der Waals surface area contributed by atoms with E-state index in [1.165, 1.54) is 11.5 Å². The van der Waals surface area contributed by atoms with E-state index in [9.17, 15) is 9.90 Å². The quantitative estimate of drug-likeness (QED) is 0.912. The molecule has 1 aromatic heterocycles. The molecule has 1 saturated heterocycles. The topological polar surface area (TPSA) is 62.7 Å². The molecule has 1 aliphatic rings. The molecule has 1 fully saturated rings. The second-order valence-corrected chi connectivity index (χ2v) is 7.42. The van der Waals surface area contributed by atoms with E-state index in [1.54, 1.807) is 4.90 Å². The van der Waals surface area contributed by atoms with Crippen LogP contribution >= 0.6 is 11.5 Å². The zero-order valence-electron chi connectivity index (χ0n) is 13.2. The highest BCUT2D eigenvalue weighted by atomic mass is 32.1. The summed E-state index contributed by atoms with van der Waals surface area (Å²) < 4.78 is 9.61. The van der Waals surface area contributed by atoms with Crippen molar-refractivity contribution >= 4 is 17.6 Å². The van der Waals surface area contributed by atoms with Crippen molar-refractivity contribution in [1.82, 2.24) is 9.27 Å². The Bertz CT molecular complexity index is 499. The highest BCUT2D eigenvalue weighted by Gasteiger charge is 2.35. The minimum Gasteiger partial charge on any atom is -0.444 e. The van der Waals surface area contributed by atoms with E-state index in [4.69, 9.17) is 4.74 Å². The molecular weight excluding hydrogens is 288 g/mol. The van der Waals surface area contributed by atoms with Crippen LogP contribution in [0, 0.1) is 6.92 Å². The number of likely N-dealkylation sites (tertiary alicyclic amines) is 1. The number of rotatable bonds is 2. The summed E-state index contributed by atoms with van der Waals surface area (Å²) >= 11 is 1.42. The molecule has 2 heterocycles. The molecule has 21 heavy (non-hydrogen) atoms. The van der Waals surface area contributed by atoms with Crippen LogP contribution in [0.15, 0.2) is 5.38 Å². The fraction of sp³-hybridized carbons (Fsp3) is 0.733. The molecule has 2 rings (SSSR count). The van der Waals surface area contributed by atoms with Gasteiger partial charge in [-0.05, 0) is 57.6 Å². The van der Waals surface area contributed by atoms with Gasteiger partial charge in [0.1, 0.15) is 5.60 Å². The molecule has 5 nitrogen and oxygen atoms in total. The first-order chi connectivity index (χ1) is 9.69. The maximum absolute atomic E-state index is 12.0. The van der Waals surface area contributed by atoms with Crippen molar-refractivity contribution in [2.75, 3.05) is 13.1 Å². The van der Waals surface area contributed by atoms with E-state index in [-0.39, 0.29) is 6.09 Å². The van der Waals surface area contributed by atoms with Gasteiger partial charge in [-0.15, -0.1) is 0 Å². The third kappa shape index (κ3) is 4.41. The van der Waals surface area contributed by atoms with Gasteiger partial charge >= 0.3 is 6.09 Å². The van der Waals surface area contributed by atoms with Gasteiger partial charge in [0.2, 0.25) is 0 Å². The van der Waals surface area contributed by atoms with E-state index in [0.29, 0.717) is 32.4 Å². The smallest absolute Gasteiger partial charge is 0.410 e. The molecule has 6 heteroatoms. The van der Waals surface area contributed by atoms with E-state index in [2.05, 4.69) is 4.37 Å². The number of carbonyl (C=O) groups excluding carboxylic acids is 1. The van der Waals surface area contributed by atoms with Crippen LogP contribution in [0.1, 0.15) is 44.9 Å². The molecule has 0 unspecified atom stereocenters. The van der Waals surface area contributed by atoms with Crippen molar-refractivity contribution in [1.29, 1.82) is 0 Å². The van der Waals surface area contributed by atoms with Gasteiger partial charge < -0.3 is 14.7 Å². The molecular formula is C15H24N2O3S. The van der Waals surface area contributed by atoms with Gasteiger partial charge in [-0.2, -0.15) is 4.37 Å². The monoisotopic (exact) mass is 312 g/mol. The minimum absolute atomic E-state index is 0.294. The van der Waals surface area contributed by atoms with Gasteiger partial charge in [0.25, 0.3) is 0 Å². The number of hydrogen-bond acceptors (Lipinski definition) is 5. The fourth-order valence-corrected chi connectivity index (χ4v) is 3.16. The summed E-state index contributed by atoms with van der Waals surface area (Å²) in [4.78, 5) is 13.7. The summed E-state index contributed by atoms with van der Waals surface area (Å²) in [5.74, 6) is 0. The first kappa shape index (κ1) is 16.2. The number of piperidine rings is 1. The average Bonchev–Trinajstić information content (AvgIpc) is 2.73. The van der Waals surface area contributed by atoms with Crippen LogP contribution in [0.4, 0.5) is 4.79 Å². The molecule has 0 atom stereocenters. The van der Waals surface area contributed by atoms with Crippen LogP contribution in [0.3, 0.4) is 0 Å². The van der Waals surface area contributed by atoms with Crippen LogP contribution in [0.2, 0.25) is 0 Å².